The van der Waals surface area contributed by atoms with E-state index >= 15 is 0 Å². The molecule has 2 fully saturated rings. The fourth-order valence-corrected chi connectivity index (χ4v) is 3.29. The van der Waals surface area contributed by atoms with Gasteiger partial charge >= 0.3 is 0 Å². The molecule has 19 heavy (non-hydrogen) atoms. The lowest BCUT2D eigenvalue weighted by Crippen LogP contribution is -2.68. The van der Waals surface area contributed by atoms with Gasteiger partial charge < -0.3 is 25.8 Å². The standard InChI is InChI=1S/C12H17N3O4/c13-9(17)7-8(16)10(18)15-5-6-19-12(11(15)14-7)3-1-2-4-12/h11,14,16H,1-6H2,(H2,13,17). The third-order valence-corrected chi connectivity index (χ3v) is 4.21. The average Bonchev–Trinajstić information content (AvgIpc) is 2.83. The molecular weight excluding hydrogens is 250 g/mol. The van der Waals surface area contributed by atoms with Crippen molar-refractivity contribution in [1.82, 2.24) is 10.2 Å². The molecule has 2 amide bonds. The van der Waals surface area contributed by atoms with Gasteiger partial charge in [-0.1, -0.05) is 12.8 Å². The van der Waals surface area contributed by atoms with Gasteiger partial charge in [0.25, 0.3) is 11.8 Å². The molecule has 0 radical (unpaired) electrons. The van der Waals surface area contributed by atoms with Crippen molar-refractivity contribution in [2.75, 3.05) is 13.2 Å². The molecule has 0 bridgehead atoms. The van der Waals surface area contributed by atoms with Gasteiger partial charge in [0.2, 0.25) is 5.76 Å². The Morgan fingerprint density at radius 3 is 2.79 bits per heavy atom. The van der Waals surface area contributed by atoms with Crippen LogP contribution in [0.2, 0.25) is 0 Å². The van der Waals surface area contributed by atoms with Crippen LogP contribution >= 0.6 is 0 Å². The molecule has 7 heteroatoms. The molecule has 3 aliphatic rings. The number of aliphatic hydroxyl groups excluding tert-OH is 1. The van der Waals surface area contributed by atoms with Crippen LogP contribution < -0.4 is 11.1 Å². The molecule has 1 saturated heterocycles. The van der Waals surface area contributed by atoms with Crippen molar-refractivity contribution >= 4 is 11.8 Å². The lowest BCUT2D eigenvalue weighted by atomic mass is 9.93. The van der Waals surface area contributed by atoms with Crippen LogP contribution in [0.25, 0.3) is 0 Å². The number of primary amides is 1. The number of carbonyl (C=O) groups excluding carboxylic acids is 2. The van der Waals surface area contributed by atoms with Crippen LogP contribution in [0.15, 0.2) is 11.5 Å². The van der Waals surface area contributed by atoms with Gasteiger partial charge in [-0.05, 0) is 12.8 Å². The zero-order chi connectivity index (χ0) is 13.6. The number of hydrogen-bond acceptors (Lipinski definition) is 5. The third-order valence-electron chi connectivity index (χ3n) is 4.21. The van der Waals surface area contributed by atoms with Crippen LogP contribution in [0.4, 0.5) is 0 Å². The molecule has 1 spiro atoms. The van der Waals surface area contributed by atoms with E-state index in [0.717, 1.165) is 25.7 Å². The fraction of sp³-hybridized carbons (Fsp3) is 0.667. The molecule has 2 heterocycles. The van der Waals surface area contributed by atoms with Gasteiger partial charge in [-0.2, -0.15) is 0 Å². The Morgan fingerprint density at radius 1 is 1.47 bits per heavy atom. The lowest BCUT2D eigenvalue weighted by Gasteiger charge is -2.50. The van der Waals surface area contributed by atoms with Crippen LogP contribution in [-0.2, 0) is 14.3 Å². The second-order valence-corrected chi connectivity index (χ2v) is 5.25. The molecule has 3 rings (SSSR count). The fourth-order valence-electron chi connectivity index (χ4n) is 3.29. The van der Waals surface area contributed by atoms with E-state index in [0.29, 0.717) is 13.2 Å². The summed E-state index contributed by atoms with van der Waals surface area (Å²) in [4.78, 5) is 25.0. The highest BCUT2D eigenvalue weighted by molar-refractivity contribution is 6.03. The van der Waals surface area contributed by atoms with E-state index in [9.17, 15) is 14.7 Å². The zero-order valence-electron chi connectivity index (χ0n) is 10.5. The number of amides is 2. The van der Waals surface area contributed by atoms with Crippen molar-refractivity contribution < 1.29 is 19.4 Å². The van der Waals surface area contributed by atoms with Crippen LogP contribution in [0, 0.1) is 0 Å². The van der Waals surface area contributed by atoms with Crippen molar-refractivity contribution in [3.8, 4) is 0 Å². The van der Waals surface area contributed by atoms with Crippen LogP contribution in [0.3, 0.4) is 0 Å². The average molecular weight is 267 g/mol. The Balaban J connectivity index is 1.99. The van der Waals surface area contributed by atoms with E-state index in [-0.39, 0.29) is 5.70 Å². The number of aliphatic hydroxyl groups is 1. The topological polar surface area (TPSA) is 105 Å². The van der Waals surface area contributed by atoms with Gasteiger partial charge in [-0.3, -0.25) is 9.59 Å². The van der Waals surface area contributed by atoms with E-state index in [1.165, 1.54) is 4.90 Å². The van der Waals surface area contributed by atoms with Gasteiger partial charge in [0.1, 0.15) is 17.5 Å². The first-order valence-electron chi connectivity index (χ1n) is 6.50. The molecule has 2 aliphatic heterocycles. The number of hydrogen-bond donors (Lipinski definition) is 3. The number of fused-ring (bicyclic) bond motifs is 2. The number of carbonyl (C=O) groups is 2. The highest BCUT2D eigenvalue weighted by Crippen LogP contribution is 2.41. The van der Waals surface area contributed by atoms with Gasteiger partial charge in [-0.25, -0.2) is 0 Å². The highest BCUT2D eigenvalue weighted by Gasteiger charge is 2.52. The number of morpholine rings is 1. The Kier molecular flexibility index (Phi) is 2.67. The largest absolute Gasteiger partial charge is 0.501 e. The van der Waals surface area contributed by atoms with Gasteiger partial charge in [-0.15, -0.1) is 0 Å². The molecule has 0 aromatic carbocycles. The van der Waals surface area contributed by atoms with E-state index < -0.39 is 29.3 Å². The van der Waals surface area contributed by atoms with Crippen molar-refractivity contribution in [2.24, 2.45) is 5.73 Å². The molecule has 1 aliphatic carbocycles. The minimum Gasteiger partial charge on any atom is -0.501 e. The van der Waals surface area contributed by atoms with Crippen molar-refractivity contribution in [1.29, 1.82) is 0 Å². The number of ether oxygens (including phenoxy) is 1. The predicted octanol–water partition coefficient (Wildman–Crippen LogP) is -0.658. The summed E-state index contributed by atoms with van der Waals surface area (Å²) in [5.41, 5.74) is 4.53. The molecule has 4 N–H and O–H groups in total. The lowest BCUT2D eigenvalue weighted by molar-refractivity contribution is -0.174. The van der Waals surface area contributed by atoms with Gasteiger partial charge in [0.15, 0.2) is 0 Å². The zero-order valence-corrected chi connectivity index (χ0v) is 10.5. The van der Waals surface area contributed by atoms with E-state index in [2.05, 4.69) is 5.32 Å². The van der Waals surface area contributed by atoms with Crippen LogP contribution in [-0.4, -0.2) is 46.7 Å². The Bertz CT molecular complexity index is 468. The van der Waals surface area contributed by atoms with E-state index in [4.69, 9.17) is 10.5 Å². The maximum absolute atomic E-state index is 12.1. The van der Waals surface area contributed by atoms with Crippen molar-refractivity contribution in [2.45, 2.75) is 37.5 Å². The molecule has 1 atom stereocenters. The van der Waals surface area contributed by atoms with Crippen LogP contribution in [0.1, 0.15) is 25.7 Å². The second kappa shape index (κ2) is 4.12. The SMILES string of the molecule is NC(=O)C1=C(O)C(=O)N2CCOC3(CCCC3)C2N1. The Labute approximate surface area is 110 Å². The summed E-state index contributed by atoms with van der Waals surface area (Å²) in [6.45, 7) is 0.845. The summed E-state index contributed by atoms with van der Waals surface area (Å²) >= 11 is 0. The summed E-state index contributed by atoms with van der Waals surface area (Å²) in [5, 5.41) is 12.7. The summed E-state index contributed by atoms with van der Waals surface area (Å²) in [7, 11) is 0. The smallest absolute Gasteiger partial charge is 0.292 e. The summed E-state index contributed by atoms with van der Waals surface area (Å²) in [6, 6.07) is 0. The molecule has 7 nitrogen and oxygen atoms in total. The maximum Gasteiger partial charge on any atom is 0.292 e. The molecule has 0 aromatic heterocycles. The predicted molar refractivity (Wildman–Crippen MR) is 64.6 cm³/mol. The summed E-state index contributed by atoms with van der Waals surface area (Å²) < 4.78 is 5.89. The molecular formula is C12H17N3O4. The quantitative estimate of drug-likeness (QED) is 0.585. The van der Waals surface area contributed by atoms with E-state index in [1.54, 1.807) is 0 Å². The van der Waals surface area contributed by atoms with Gasteiger partial charge in [0.05, 0.1) is 6.61 Å². The number of nitrogens with one attached hydrogen (secondary N) is 1. The first-order valence-corrected chi connectivity index (χ1v) is 6.50. The van der Waals surface area contributed by atoms with Crippen molar-refractivity contribution in [3.05, 3.63) is 11.5 Å². The summed E-state index contributed by atoms with van der Waals surface area (Å²) in [5.74, 6) is -1.98. The number of nitrogens with two attached hydrogens (primary N) is 1. The molecule has 1 unspecified atom stereocenters. The van der Waals surface area contributed by atoms with Crippen molar-refractivity contribution in [3.63, 3.8) is 0 Å². The maximum atomic E-state index is 12.1. The highest BCUT2D eigenvalue weighted by atomic mass is 16.5. The van der Waals surface area contributed by atoms with Crippen LogP contribution in [0.5, 0.6) is 0 Å². The minimum atomic E-state index is -0.829. The minimum absolute atomic E-state index is 0.206. The summed E-state index contributed by atoms with van der Waals surface area (Å²) in [6.07, 6.45) is 3.31. The van der Waals surface area contributed by atoms with Gasteiger partial charge in [0, 0.05) is 6.54 Å². The Hall–Kier alpha value is -1.76. The normalized spacial score (nSPS) is 29.4. The molecule has 0 aromatic rings. The number of rotatable bonds is 1. The Morgan fingerprint density at radius 2 is 2.16 bits per heavy atom. The monoisotopic (exact) mass is 267 g/mol. The third kappa shape index (κ3) is 1.68. The first-order chi connectivity index (χ1) is 9.05. The second-order valence-electron chi connectivity index (χ2n) is 5.25. The molecule has 1 saturated carbocycles. The first kappa shape index (κ1) is 12.3. The van der Waals surface area contributed by atoms with E-state index in [1.807, 2.05) is 0 Å². The number of nitrogens with zero attached hydrogens (tertiary/aromatic N) is 1. The molecule has 104 valence electrons.